The van der Waals surface area contributed by atoms with Gasteiger partial charge in [-0.3, -0.25) is 0 Å². The molecule has 0 atom stereocenters. The summed E-state index contributed by atoms with van der Waals surface area (Å²) in [5.74, 6) is 0.957. The lowest BCUT2D eigenvalue weighted by molar-refractivity contribution is 0.571. The minimum atomic E-state index is 0.415. The first-order valence-corrected chi connectivity index (χ1v) is 8.18. The number of anilines is 1. The highest BCUT2D eigenvalue weighted by molar-refractivity contribution is 5.82. The third-order valence-electron chi connectivity index (χ3n) is 4.40. The first kappa shape index (κ1) is 14.8. The quantitative estimate of drug-likeness (QED) is 0.751. The maximum atomic E-state index is 10.8. The molecule has 2 aromatic carbocycles. The Hall–Kier alpha value is -2.73. The molecule has 0 spiro atoms. The van der Waals surface area contributed by atoms with E-state index in [9.17, 15) is 4.91 Å². The van der Waals surface area contributed by atoms with Crippen LogP contribution < -0.4 is 10.2 Å². The van der Waals surface area contributed by atoms with Crippen molar-refractivity contribution in [2.45, 2.75) is 6.54 Å². The van der Waals surface area contributed by atoms with E-state index in [4.69, 9.17) is 4.98 Å². The van der Waals surface area contributed by atoms with E-state index in [0.29, 0.717) is 5.69 Å². The molecule has 122 valence electrons. The van der Waals surface area contributed by atoms with E-state index < -0.39 is 0 Å². The zero-order valence-corrected chi connectivity index (χ0v) is 13.4. The van der Waals surface area contributed by atoms with Gasteiger partial charge in [-0.25, -0.2) is 4.98 Å². The standard InChI is InChI=1S/C18H19N5O/c24-21-15-6-7-17-16(12-15)20-18(22-10-8-19-9-11-22)23(17)13-14-4-2-1-3-5-14/h1-7,12,19H,8-11,13H2. The molecule has 1 aliphatic rings. The third kappa shape index (κ3) is 2.76. The number of hydrogen-bond donors (Lipinski definition) is 1. The van der Waals surface area contributed by atoms with Gasteiger partial charge < -0.3 is 14.8 Å². The largest absolute Gasteiger partial charge is 0.340 e. The van der Waals surface area contributed by atoms with E-state index in [1.54, 1.807) is 12.1 Å². The molecule has 3 aromatic rings. The Kier molecular flexibility index (Phi) is 3.96. The summed E-state index contributed by atoms with van der Waals surface area (Å²) < 4.78 is 2.23. The lowest BCUT2D eigenvalue weighted by Crippen LogP contribution is -2.44. The van der Waals surface area contributed by atoms with Gasteiger partial charge in [-0.05, 0) is 28.9 Å². The van der Waals surface area contributed by atoms with E-state index in [0.717, 1.165) is 49.7 Å². The summed E-state index contributed by atoms with van der Waals surface area (Å²) in [5.41, 5.74) is 3.49. The fourth-order valence-electron chi connectivity index (χ4n) is 3.19. The van der Waals surface area contributed by atoms with Gasteiger partial charge in [0.25, 0.3) is 0 Å². The molecule has 0 saturated carbocycles. The van der Waals surface area contributed by atoms with Crippen LogP contribution in [0.15, 0.2) is 53.7 Å². The first-order chi connectivity index (χ1) is 11.8. The molecule has 0 unspecified atom stereocenters. The van der Waals surface area contributed by atoms with Crippen LogP contribution in [0.4, 0.5) is 11.6 Å². The minimum Gasteiger partial charge on any atom is -0.340 e. The van der Waals surface area contributed by atoms with Gasteiger partial charge in [-0.1, -0.05) is 30.3 Å². The van der Waals surface area contributed by atoms with Gasteiger partial charge in [-0.15, -0.1) is 4.91 Å². The monoisotopic (exact) mass is 321 g/mol. The predicted molar refractivity (Wildman–Crippen MR) is 95.8 cm³/mol. The molecular formula is C18H19N5O. The van der Waals surface area contributed by atoms with Crippen LogP contribution in [0.5, 0.6) is 0 Å². The van der Waals surface area contributed by atoms with Crippen molar-refractivity contribution in [3.05, 3.63) is 59.0 Å². The van der Waals surface area contributed by atoms with Crippen LogP contribution in [-0.4, -0.2) is 35.7 Å². The van der Waals surface area contributed by atoms with Crippen molar-refractivity contribution in [2.75, 3.05) is 31.1 Å². The molecule has 0 radical (unpaired) electrons. The highest BCUT2D eigenvalue weighted by Crippen LogP contribution is 2.27. The second-order valence-corrected chi connectivity index (χ2v) is 5.98. The van der Waals surface area contributed by atoms with Crippen LogP contribution >= 0.6 is 0 Å². The first-order valence-electron chi connectivity index (χ1n) is 8.18. The summed E-state index contributed by atoms with van der Waals surface area (Å²) >= 11 is 0. The van der Waals surface area contributed by atoms with Gasteiger partial charge in [0.2, 0.25) is 5.95 Å². The summed E-state index contributed by atoms with van der Waals surface area (Å²) in [6.07, 6.45) is 0. The van der Waals surface area contributed by atoms with Crippen LogP contribution in [0.2, 0.25) is 0 Å². The summed E-state index contributed by atoms with van der Waals surface area (Å²) in [5, 5.41) is 6.40. The summed E-state index contributed by atoms with van der Waals surface area (Å²) in [6.45, 7) is 4.52. The lowest BCUT2D eigenvalue weighted by Gasteiger charge is -2.29. The summed E-state index contributed by atoms with van der Waals surface area (Å²) in [4.78, 5) is 17.9. The number of piperazine rings is 1. The Labute approximate surface area is 140 Å². The van der Waals surface area contributed by atoms with Crippen LogP contribution in [0.1, 0.15) is 5.56 Å². The van der Waals surface area contributed by atoms with Crippen LogP contribution in [-0.2, 0) is 6.54 Å². The molecule has 1 aromatic heterocycles. The molecule has 0 aliphatic carbocycles. The molecule has 4 rings (SSSR count). The number of hydrogen-bond acceptors (Lipinski definition) is 5. The number of imidazole rings is 1. The van der Waals surface area contributed by atoms with Gasteiger partial charge in [0, 0.05) is 26.2 Å². The van der Waals surface area contributed by atoms with Gasteiger partial charge in [0.15, 0.2) is 0 Å². The zero-order valence-electron chi connectivity index (χ0n) is 13.4. The molecule has 2 heterocycles. The van der Waals surface area contributed by atoms with Crippen LogP contribution in [0.3, 0.4) is 0 Å². The zero-order chi connectivity index (χ0) is 16.4. The topological polar surface area (TPSA) is 62.5 Å². The Morgan fingerprint density at radius 2 is 1.88 bits per heavy atom. The average molecular weight is 321 g/mol. The number of benzene rings is 2. The van der Waals surface area contributed by atoms with Gasteiger partial charge in [0.05, 0.1) is 17.6 Å². The molecule has 0 amide bonds. The molecule has 1 saturated heterocycles. The van der Waals surface area contributed by atoms with Gasteiger partial charge in [0.1, 0.15) is 5.69 Å². The molecule has 6 heteroatoms. The Morgan fingerprint density at radius 1 is 1.08 bits per heavy atom. The predicted octanol–water partition coefficient (Wildman–Crippen LogP) is 2.89. The second kappa shape index (κ2) is 6.41. The number of nitroso groups, excluding NO2 is 1. The summed E-state index contributed by atoms with van der Waals surface area (Å²) in [7, 11) is 0. The third-order valence-corrected chi connectivity index (χ3v) is 4.40. The fourth-order valence-corrected chi connectivity index (χ4v) is 3.19. The van der Waals surface area contributed by atoms with Crippen molar-refractivity contribution in [3.8, 4) is 0 Å². The Balaban J connectivity index is 1.82. The molecule has 6 nitrogen and oxygen atoms in total. The molecule has 1 aliphatic heterocycles. The number of aromatic nitrogens is 2. The SMILES string of the molecule is O=Nc1ccc2c(c1)nc(N1CCNCC1)n2Cc1ccccc1. The van der Waals surface area contributed by atoms with E-state index in [1.165, 1.54) is 5.56 Å². The molecule has 1 fully saturated rings. The minimum absolute atomic E-state index is 0.415. The average Bonchev–Trinajstić information content (AvgIpc) is 3.01. The highest BCUT2D eigenvalue weighted by Gasteiger charge is 2.19. The van der Waals surface area contributed by atoms with Gasteiger partial charge in [-0.2, -0.15) is 0 Å². The van der Waals surface area contributed by atoms with Crippen molar-refractivity contribution in [1.29, 1.82) is 0 Å². The fraction of sp³-hybridized carbons (Fsp3) is 0.278. The normalized spacial score (nSPS) is 14.9. The maximum absolute atomic E-state index is 10.8. The molecule has 1 N–H and O–H groups in total. The number of rotatable bonds is 4. The van der Waals surface area contributed by atoms with Crippen molar-refractivity contribution in [1.82, 2.24) is 14.9 Å². The van der Waals surface area contributed by atoms with Crippen molar-refractivity contribution < 1.29 is 0 Å². The van der Waals surface area contributed by atoms with E-state index in [1.807, 2.05) is 24.3 Å². The maximum Gasteiger partial charge on any atom is 0.206 e. The molecular weight excluding hydrogens is 302 g/mol. The van der Waals surface area contributed by atoms with E-state index >= 15 is 0 Å². The van der Waals surface area contributed by atoms with Gasteiger partial charge >= 0.3 is 0 Å². The smallest absolute Gasteiger partial charge is 0.206 e. The lowest BCUT2D eigenvalue weighted by atomic mass is 10.2. The molecule has 24 heavy (non-hydrogen) atoms. The Morgan fingerprint density at radius 3 is 2.62 bits per heavy atom. The van der Waals surface area contributed by atoms with Crippen LogP contribution in [0.25, 0.3) is 11.0 Å². The van der Waals surface area contributed by atoms with E-state index in [2.05, 4.69) is 32.1 Å². The second-order valence-electron chi connectivity index (χ2n) is 5.98. The van der Waals surface area contributed by atoms with Crippen molar-refractivity contribution in [3.63, 3.8) is 0 Å². The van der Waals surface area contributed by atoms with Crippen molar-refractivity contribution >= 4 is 22.7 Å². The summed E-state index contributed by atoms with van der Waals surface area (Å²) in [6, 6.07) is 15.8. The van der Waals surface area contributed by atoms with Crippen molar-refractivity contribution in [2.24, 2.45) is 5.18 Å². The molecule has 0 bridgehead atoms. The number of nitrogens with one attached hydrogen (secondary N) is 1. The number of fused-ring (bicyclic) bond motifs is 1. The Bertz CT molecular complexity index is 852. The number of nitrogens with zero attached hydrogens (tertiary/aromatic N) is 4. The van der Waals surface area contributed by atoms with E-state index in [-0.39, 0.29) is 0 Å². The highest BCUT2D eigenvalue weighted by atomic mass is 16.3. The van der Waals surface area contributed by atoms with Crippen LogP contribution in [0, 0.1) is 4.91 Å².